The average Bonchev–Trinajstić information content (AvgIpc) is 2.72. The highest BCUT2D eigenvalue weighted by molar-refractivity contribution is 5.70. The fraction of sp³-hybridized carbons (Fsp3) is 0.250. The molecule has 0 radical (unpaired) electrons. The van der Waals surface area contributed by atoms with Crippen LogP contribution < -0.4 is 4.74 Å². The summed E-state index contributed by atoms with van der Waals surface area (Å²) < 4.78 is 11.4. The third-order valence-corrected chi connectivity index (χ3v) is 4.51. The van der Waals surface area contributed by atoms with Gasteiger partial charge in [-0.25, -0.2) is 0 Å². The minimum absolute atomic E-state index is 0.292. The summed E-state index contributed by atoms with van der Waals surface area (Å²) in [6, 6.07) is 27.3. The molecule has 2 heteroatoms. The second-order valence-corrected chi connectivity index (χ2v) is 6.41. The molecule has 0 saturated heterocycles. The third kappa shape index (κ3) is 4.96. The van der Waals surface area contributed by atoms with Gasteiger partial charge < -0.3 is 9.47 Å². The summed E-state index contributed by atoms with van der Waals surface area (Å²) in [5, 5.41) is 0. The largest absolute Gasteiger partial charge is 0.491 e. The molecular weight excluding hydrogens is 320 g/mol. The highest BCUT2D eigenvalue weighted by atomic mass is 16.5. The van der Waals surface area contributed by atoms with E-state index < -0.39 is 0 Å². The minimum Gasteiger partial charge on any atom is -0.491 e. The lowest BCUT2D eigenvalue weighted by molar-refractivity contribution is 0.0427. The first kappa shape index (κ1) is 18.2. The van der Waals surface area contributed by atoms with Crippen LogP contribution in [0.3, 0.4) is 0 Å². The molecule has 0 fully saturated rings. The highest BCUT2D eigenvalue weighted by Crippen LogP contribution is 2.26. The van der Waals surface area contributed by atoms with Crippen LogP contribution in [0, 0.1) is 0 Å². The Balaban J connectivity index is 1.58. The first-order valence-electron chi connectivity index (χ1n) is 9.26. The molecule has 0 aliphatic heterocycles. The number of hydrogen-bond donors (Lipinski definition) is 0. The molecule has 0 spiro atoms. The topological polar surface area (TPSA) is 18.5 Å². The van der Waals surface area contributed by atoms with Crippen LogP contribution in [0.4, 0.5) is 0 Å². The van der Waals surface area contributed by atoms with Gasteiger partial charge in [0.05, 0.1) is 12.7 Å². The number of ether oxygens (including phenoxy) is 2. The molecule has 0 N–H and O–H groups in total. The Bertz CT molecular complexity index is 777. The lowest BCUT2D eigenvalue weighted by atomic mass is 10.0. The van der Waals surface area contributed by atoms with Gasteiger partial charge in [0.2, 0.25) is 0 Å². The zero-order valence-electron chi connectivity index (χ0n) is 15.5. The Morgan fingerprint density at radius 1 is 0.654 bits per heavy atom. The maximum atomic E-state index is 5.74. The van der Waals surface area contributed by atoms with Crippen LogP contribution >= 0.6 is 0 Å². The molecule has 3 rings (SSSR count). The van der Waals surface area contributed by atoms with Crippen molar-refractivity contribution < 1.29 is 9.47 Å². The Morgan fingerprint density at radius 3 is 1.69 bits per heavy atom. The normalized spacial score (nSPS) is 11.9. The maximum Gasteiger partial charge on any atom is 0.119 e. The van der Waals surface area contributed by atoms with Gasteiger partial charge in [-0.15, -0.1) is 0 Å². The molecule has 3 aromatic carbocycles. The van der Waals surface area contributed by atoms with Gasteiger partial charge in [0.25, 0.3) is 0 Å². The predicted octanol–water partition coefficient (Wildman–Crippen LogP) is 6.21. The van der Waals surface area contributed by atoms with Crippen LogP contribution in [-0.2, 0) is 4.74 Å². The quantitative estimate of drug-likeness (QED) is 0.451. The van der Waals surface area contributed by atoms with Gasteiger partial charge in [-0.05, 0) is 47.7 Å². The van der Waals surface area contributed by atoms with Crippen LogP contribution in [0.1, 0.15) is 20.3 Å². The SMILES string of the molecule is CCC(C)OCCOc1ccc(-c2ccc(-c3ccccc3)cc2)cc1. The van der Waals surface area contributed by atoms with E-state index in [2.05, 4.69) is 74.5 Å². The molecule has 3 aromatic rings. The fourth-order valence-corrected chi connectivity index (χ4v) is 2.76. The molecule has 0 aliphatic carbocycles. The number of benzene rings is 3. The fourth-order valence-electron chi connectivity index (χ4n) is 2.76. The third-order valence-electron chi connectivity index (χ3n) is 4.51. The summed E-state index contributed by atoms with van der Waals surface area (Å²) in [5.41, 5.74) is 4.86. The van der Waals surface area contributed by atoms with Crippen molar-refractivity contribution >= 4 is 0 Å². The standard InChI is InChI=1S/C24H26O2/c1-3-19(2)25-17-18-26-24-15-13-23(14-16-24)22-11-9-21(10-12-22)20-7-5-4-6-8-20/h4-16,19H,3,17-18H2,1-2H3. The summed E-state index contributed by atoms with van der Waals surface area (Å²) in [6.07, 6.45) is 1.32. The van der Waals surface area contributed by atoms with Crippen LogP contribution in [0.15, 0.2) is 78.9 Å². The van der Waals surface area contributed by atoms with Crippen molar-refractivity contribution in [2.75, 3.05) is 13.2 Å². The second kappa shape index (κ2) is 9.21. The Hall–Kier alpha value is -2.58. The van der Waals surface area contributed by atoms with Gasteiger partial charge in [0, 0.05) is 0 Å². The van der Waals surface area contributed by atoms with Gasteiger partial charge in [-0.2, -0.15) is 0 Å². The van der Waals surface area contributed by atoms with Crippen LogP contribution in [0.5, 0.6) is 5.75 Å². The molecule has 0 heterocycles. The van der Waals surface area contributed by atoms with E-state index in [0.717, 1.165) is 12.2 Å². The number of rotatable bonds is 8. The van der Waals surface area contributed by atoms with Gasteiger partial charge in [0.1, 0.15) is 12.4 Å². The molecule has 26 heavy (non-hydrogen) atoms. The van der Waals surface area contributed by atoms with Crippen molar-refractivity contribution in [2.24, 2.45) is 0 Å². The van der Waals surface area contributed by atoms with Crippen molar-refractivity contribution in [3.8, 4) is 28.0 Å². The summed E-state index contributed by atoms with van der Waals surface area (Å²) in [5.74, 6) is 0.877. The first-order valence-corrected chi connectivity index (χ1v) is 9.26. The molecule has 0 amide bonds. The minimum atomic E-state index is 0.292. The number of hydrogen-bond acceptors (Lipinski definition) is 2. The van der Waals surface area contributed by atoms with E-state index in [9.17, 15) is 0 Å². The van der Waals surface area contributed by atoms with Crippen LogP contribution in [0.2, 0.25) is 0 Å². The summed E-state index contributed by atoms with van der Waals surface area (Å²) in [4.78, 5) is 0. The molecule has 1 unspecified atom stereocenters. The van der Waals surface area contributed by atoms with E-state index in [1.54, 1.807) is 0 Å². The maximum absolute atomic E-state index is 5.74. The molecular formula is C24H26O2. The van der Waals surface area contributed by atoms with E-state index >= 15 is 0 Å². The molecule has 2 nitrogen and oxygen atoms in total. The first-order chi connectivity index (χ1) is 12.8. The molecule has 0 aliphatic rings. The Kier molecular flexibility index (Phi) is 6.45. The van der Waals surface area contributed by atoms with Gasteiger partial charge in [-0.1, -0.05) is 73.7 Å². The van der Waals surface area contributed by atoms with Crippen LogP contribution in [0.25, 0.3) is 22.3 Å². The van der Waals surface area contributed by atoms with Crippen LogP contribution in [-0.4, -0.2) is 19.3 Å². The molecule has 0 aromatic heterocycles. The highest BCUT2D eigenvalue weighted by Gasteiger charge is 2.02. The van der Waals surface area contributed by atoms with E-state index in [1.165, 1.54) is 22.3 Å². The summed E-state index contributed by atoms with van der Waals surface area (Å²) >= 11 is 0. The molecule has 134 valence electrons. The molecule has 1 atom stereocenters. The zero-order chi connectivity index (χ0) is 18.2. The van der Waals surface area contributed by atoms with Gasteiger partial charge >= 0.3 is 0 Å². The summed E-state index contributed by atoms with van der Waals surface area (Å²) in [6.45, 7) is 5.40. The lowest BCUT2D eigenvalue weighted by Gasteiger charge is -2.11. The predicted molar refractivity (Wildman–Crippen MR) is 109 cm³/mol. The summed E-state index contributed by atoms with van der Waals surface area (Å²) in [7, 11) is 0. The molecule has 0 bridgehead atoms. The average molecular weight is 346 g/mol. The van der Waals surface area contributed by atoms with Crippen molar-refractivity contribution in [2.45, 2.75) is 26.4 Å². The van der Waals surface area contributed by atoms with Crippen molar-refractivity contribution in [1.82, 2.24) is 0 Å². The van der Waals surface area contributed by atoms with E-state index in [-0.39, 0.29) is 0 Å². The lowest BCUT2D eigenvalue weighted by Crippen LogP contribution is -2.13. The van der Waals surface area contributed by atoms with Crippen molar-refractivity contribution in [3.05, 3.63) is 78.9 Å². The van der Waals surface area contributed by atoms with Crippen molar-refractivity contribution in [1.29, 1.82) is 0 Å². The van der Waals surface area contributed by atoms with E-state index in [1.807, 2.05) is 18.2 Å². The zero-order valence-corrected chi connectivity index (χ0v) is 15.5. The van der Waals surface area contributed by atoms with Crippen molar-refractivity contribution in [3.63, 3.8) is 0 Å². The van der Waals surface area contributed by atoms with E-state index in [0.29, 0.717) is 19.3 Å². The van der Waals surface area contributed by atoms with Gasteiger partial charge in [0.15, 0.2) is 0 Å². The van der Waals surface area contributed by atoms with Gasteiger partial charge in [-0.3, -0.25) is 0 Å². The smallest absolute Gasteiger partial charge is 0.119 e. The molecule has 0 saturated carbocycles. The second-order valence-electron chi connectivity index (χ2n) is 6.41. The van der Waals surface area contributed by atoms with E-state index in [4.69, 9.17) is 9.47 Å². The Labute approximate surface area is 156 Å². The monoisotopic (exact) mass is 346 g/mol. The Morgan fingerprint density at radius 2 is 1.15 bits per heavy atom.